The first-order chi connectivity index (χ1) is 16.5. The van der Waals surface area contributed by atoms with Crippen LogP contribution in [0.1, 0.15) is 16.1 Å². The number of amides is 2. The number of hydrogen-bond acceptors (Lipinski definition) is 7. The van der Waals surface area contributed by atoms with E-state index in [2.05, 4.69) is 16.9 Å². The average Bonchev–Trinajstić information content (AvgIpc) is 3.55. The number of para-hydroxylation sites is 1. The summed E-state index contributed by atoms with van der Waals surface area (Å²) in [6.45, 7) is 4.25. The molecule has 4 aromatic rings. The number of allylic oxidation sites excluding steroid dienone is 1. The fraction of sp³-hybridized carbons (Fsp3) is 0.167. The number of carbonyl (C=O) groups is 2. The Morgan fingerprint density at radius 3 is 2.85 bits per heavy atom. The molecule has 0 aliphatic carbocycles. The summed E-state index contributed by atoms with van der Waals surface area (Å²) >= 11 is 2.56. The van der Waals surface area contributed by atoms with Crippen molar-refractivity contribution in [3.05, 3.63) is 88.4 Å². The summed E-state index contributed by atoms with van der Waals surface area (Å²) < 4.78 is 6.76. The van der Waals surface area contributed by atoms with E-state index in [9.17, 15) is 14.4 Å². The number of nitrogens with zero attached hydrogens (tertiary/aromatic N) is 3. The number of fused-ring (bicyclic) bond motifs is 1. The van der Waals surface area contributed by atoms with Crippen LogP contribution in [0.3, 0.4) is 0 Å². The van der Waals surface area contributed by atoms with Crippen LogP contribution in [0, 0.1) is 0 Å². The summed E-state index contributed by atoms with van der Waals surface area (Å²) in [6.07, 6.45) is 3.16. The van der Waals surface area contributed by atoms with Gasteiger partial charge >= 0.3 is 0 Å². The Kier molecular flexibility index (Phi) is 7.29. The van der Waals surface area contributed by atoms with Gasteiger partial charge in [-0.1, -0.05) is 30.0 Å². The van der Waals surface area contributed by atoms with Crippen molar-refractivity contribution in [3.8, 4) is 0 Å². The van der Waals surface area contributed by atoms with Crippen molar-refractivity contribution in [1.29, 1.82) is 0 Å². The number of rotatable bonds is 9. The van der Waals surface area contributed by atoms with Gasteiger partial charge in [-0.05, 0) is 35.7 Å². The van der Waals surface area contributed by atoms with Gasteiger partial charge in [-0.3, -0.25) is 19.0 Å². The van der Waals surface area contributed by atoms with Crippen LogP contribution in [-0.4, -0.2) is 34.2 Å². The molecule has 0 aliphatic rings. The lowest BCUT2D eigenvalue weighted by atomic mass is 10.1. The van der Waals surface area contributed by atoms with Gasteiger partial charge in [0.1, 0.15) is 10.6 Å². The number of furan rings is 1. The summed E-state index contributed by atoms with van der Waals surface area (Å²) in [6, 6.07) is 12.2. The summed E-state index contributed by atoms with van der Waals surface area (Å²) in [5, 5.41) is 5.62. The number of aromatic nitrogens is 2. The molecule has 1 aromatic carbocycles. The molecule has 1 N–H and O–H groups in total. The third-order valence-electron chi connectivity index (χ3n) is 5.07. The Hall–Kier alpha value is -3.63. The fourth-order valence-corrected chi connectivity index (χ4v) is 5.05. The zero-order valence-electron chi connectivity index (χ0n) is 18.4. The van der Waals surface area contributed by atoms with Crippen molar-refractivity contribution < 1.29 is 14.0 Å². The second-order valence-electron chi connectivity index (χ2n) is 7.26. The van der Waals surface area contributed by atoms with Crippen LogP contribution in [0.4, 0.5) is 5.69 Å². The maximum atomic E-state index is 13.0. The highest BCUT2D eigenvalue weighted by Crippen LogP contribution is 2.24. The number of thioether (sulfide) groups is 1. The molecule has 0 fully saturated rings. The minimum Gasteiger partial charge on any atom is -0.467 e. The number of thiophene rings is 1. The second-order valence-corrected chi connectivity index (χ2v) is 9.10. The van der Waals surface area contributed by atoms with Gasteiger partial charge in [0.15, 0.2) is 5.16 Å². The van der Waals surface area contributed by atoms with Gasteiger partial charge in [-0.2, -0.15) is 0 Å². The molecule has 0 bridgehead atoms. The molecule has 0 aliphatic heterocycles. The lowest BCUT2D eigenvalue weighted by Gasteiger charge is -2.20. The SMILES string of the molecule is C=CCn1c(SCC(=O)N(C)c2ccccc2C(=O)NCc2ccco2)nc2sccc2c1=O. The molecular weight excluding hydrogens is 472 g/mol. The van der Waals surface area contributed by atoms with Crippen molar-refractivity contribution in [2.24, 2.45) is 0 Å². The van der Waals surface area contributed by atoms with E-state index in [4.69, 9.17) is 4.42 Å². The number of carbonyl (C=O) groups excluding carboxylic acids is 2. The largest absolute Gasteiger partial charge is 0.467 e. The predicted octanol–water partition coefficient (Wildman–Crippen LogP) is 3.92. The molecule has 2 amide bonds. The second kappa shape index (κ2) is 10.5. The molecule has 0 spiro atoms. The number of hydrogen-bond donors (Lipinski definition) is 1. The van der Waals surface area contributed by atoms with Gasteiger partial charge in [-0.25, -0.2) is 4.98 Å². The Labute approximate surface area is 203 Å². The Morgan fingerprint density at radius 2 is 2.09 bits per heavy atom. The fourth-order valence-electron chi connectivity index (χ4n) is 3.32. The molecule has 174 valence electrons. The maximum absolute atomic E-state index is 13.0. The quantitative estimate of drug-likeness (QED) is 0.215. The first kappa shape index (κ1) is 23.5. The maximum Gasteiger partial charge on any atom is 0.263 e. The van der Waals surface area contributed by atoms with Gasteiger partial charge in [-0.15, -0.1) is 17.9 Å². The van der Waals surface area contributed by atoms with E-state index in [-0.39, 0.29) is 29.7 Å². The zero-order valence-corrected chi connectivity index (χ0v) is 20.0. The number of nitrogens with one attached hydrogen (secondary N) is 1. The van der Waals surface area contributed by atoms with Crippen LogP contribution in [0.5, 0.6) is 0 Å². The van der Waals surface area contributed by atoms with Gasteiger partial charge in [0.2, 0.25) is 5.91 Å². The highest BCUT2D eigenvalue weighted by molar-refractivity contribution is 7.99. The van der Waals surface area contributed by atoms with E-state index in [1.807, 2.05) is 5.38 Å². The number of benzene rings is 1. The predicted molar refractivity (Wildman–Crippen MR) is 135 cm³/mol. The molecule has 0 saturated heterocycles. The lowest BCUT2D eigenvalue weighted by Crippen LogP contribution is -2.32. The highest BCUT2D eigenvalue weighted by Gasteiger charge is 2.20. The van der Waals surface area contributed by atoms with Gasteiger partial charge in [0.25, 0.3) is 11.5 Å². The van der Waals surface area contributed by atoms with Crippen molar-refractivity contribution in [3.63, 3.8) is 0 Å². The van der Waals surface area contributed by atoms with Crippen molar-refractivity contribution in [2.75, 3.05) is 17.7 Å². The van der Waals surface area contributed by atoms with Crippen LogP contribution in [0.15, 0.2) is 81.1 Å². The smallest absolute Gasteiger partial charge is 0.263 e. The Bertz CT molecular complexity index is 1390. The Morgan fingerprint density at radius 1 is 1.26 bits per heavy atom. The van der Waals surface area contributed by atoms with Crippen LogP contribution in [0.25, 0.3) is 10.2 Å². The molecule has 0 radical (unpaired) electrons. The molecule has 0 saturated carbocycles. The first-order valence-electron chi connectivity index (χ1n) is 10.4. The third kappa shape index (κ3) is 4.97. The van der Waals surface area contributed by atoms with E-state index < -0.39 is 0 Å². The average molecular weight is 495 g/mol. The molecule has 4 rings (SSSR count). The molecule has 3 aromatic heterocycles. The van der Waals surface area contributed by atoms with E-state index in [0.717, 1.165) is 0 Å². The molecule has 0 atom stereocenters. The molecule has 10 heteroatoms. The zero-order chi connectivity index (χ0) is 24.1. The van der Waals surface area contributed by atoms with Crippen molar-refractivity contribution in [2.45, 2.75) is 18.2 Å². The monoisotopic (exact) mass is 494 g/mol. The van der Waals surface area contributed by atoms with E-state index in [1.165, 1.54) is 32.6 Å². The summed E-state index contributed by atoms with van der Waals surface area (Å²) in [7, 11) is 1.62. The highest BCUT2D eigenvalue weighted by atomic mass is 32.2. The molecule has 3 heterocycles. The Balaban J connectivity index is 1.49. The molecular formula is C24H22N4O4S2. The molecule has 0 unspecified atom stereocenters. The molecule has 34 heavy (non-hydrogen) atoms. The summed E-state index contributed by atoms with van der Waals surface area (Å²) in [5.41, 5.74) is 0.694. The van der Waals surface area contributed by atoms with Gasteiger partial charge in [0, 0.05) is 13.6 Å². The first-order valence-corrected chi connectivity index (χ1v) is 12.2. The minimum absolute atomic E-state index is 0.0410. The van der Waals surface area contributed by atoms with Crippen molar-refractivity contribution in [1.82, 2.24) is 14.9 Å². The minimum atomic E-state index is -0.316. The van der Waals surface area contributed by atoms with E-state index >= 15 is 0 Å². The van der Waals surface area contributed by atoms with Crippen LogP contribution < -0.4 is 15.8 Å². The summed E-state index contributed by atoms with van der Waals surface area (Å²) in [4.78, 5) is 45.2. The van der Waals surface area contributed by atoms with E-state index in [1.54, 1.807) is 61.9 Å². The van der Waals surface area contributed by atoms with Crippen LogP contribution >= 0.6 is 23.1 Å². The number of anilines is 1. The van der Waals surface area contributed by atoms with Crippen LogP contribution in [0.2, 0.25) is 0 Å². The van der Waals surface area contributed by atoms with Gasteiger partial charge < -0.3 is 14.6 Å². The molecule has 8 nitrogen and oxygen atoms in total. The van der Waals surface area contributed by atoms with E-state index in [0.29, 0.717) is 38.9 Å². The van der Waals surface area contributed by atoms with Gasteiger partial charge in [0.05, 0.1) is 35.2 Å². The standard InChI is InChI=1S/C24H22N4O4S2/c1-3-11-28-23(31)18-10-13-33-22(18)26-24(28)34-15-20(29)27(2)19-9-5-4-8-17(19)21(30)25-14-16-7-6-12-32-16/h3-10,12-13H,1,11,14-15H2,2H3,(H,25,30). The van der Waals surface area contributed by atoms with Crippen molar-refractivity contribution >= 4 is 50.8 Å². The third-order valence-corrected chi connectivity index (χ3v) is 6.84. The lowest BCUT2D eigenvalue weighted by molar-refractivity contribution is -0.115. The normalized spacial score (nSPS) is 10.9. The topological polar surface area (TPSA) is 97.4 Å². The van der Waals surface area contributed by atoms with Crippen LogP contribution in [-0.2, 0) is 17.9 Å². The summed E-state index contributed by atoms with van der Waals surface area (Å²) in [5.74, 6) is 0.123.